The maximum atomic E-state index is 12.7. The highest BCUT2D eigenvalue weighted by Crippen LogP contribution is 2.31. The minimum atomic E-state index is -0.248. The second-order valence-electron chi connectivity index (χ2n) is 7.64. The zero-order valence-electron chi connectivity index (χ0n) is 17.0. The zero-order valence-corrected chi connectivity index (χ0v) is 17.0. The molecule has 6 rings (SSSR count). The highest BCUT2D eigenvalue weighted by Gasteiger charge is 2.21. The molecule has 1 amide bonds. The second kappa shape index (κ2) is 7.42. The van der Waals surface area contributed by atoms with Crippen LogP contribution in [0.25, 0.3) is 33.5 Å². The average molecular weight is 425 g/mol. The van der Waals surface area contributed by atoms with Crippen LogP contribution in [0.1, 0.15) is 10.4 Å². The summed E-state index contributed by atoms with van der Waals surface area (Å²) in [7, 11) is 0. The number of ether oxygens (including phenoxy) is 2. The van der Waals surface area contributed by atoms with E-state index in [0.29, 0.717) is 35.8 Å². The van der Waals surface area contributed by atoms with Crippen molar-refractivity contribution in [1.29, 1.82) is 0 Å². The van der Waals surface area contributed by atoms with Gasteiger partial charge >= 0.3 is 0 Å². The number of aromatic nitrogens is 4. The van der Waals surface area contributed by atoms with Gasteiger partial charge in [0.1, 0.15) is 18.4 Å². The molecule has 0 spiro atoms. The molecule has 1 unspecified atom stereocenters. The van der Waals surface area contributed by atoms with Crippen LogP contribution in [0, 0.1) is 0 Å². The van der Waals surface area contributed by atoms with E-state index in [9.17, 15) is 4.79 Å². The van der Waals surface area contributed by atoms with E-state index in [-0.39, 0.29) is 12.0 Å². The standard InChI is InChI=1S/C24H19N5O3/c30-24(25-12-15-13-31-20-7-3-4-8-21(20)32-15)14-9-10-18-19(11-14)27-23(26-18)22-16-5-1-2-6-17(16)28-29-22/h1-11,15H,12-13H2,(H,25,30)(H,26,27)(H,28,29). The molecule has 5 aromatic rings. The number of benzene rings is 3. The molecule has 0 fully saturated rings. The minimum absolute atomic E-state index is 0.191. The molecule has 8 heteroatoms. The molecule has 0 radical (unpaired) electrons. The van der Waals surface area contributed by atoms with Crippen molar-refractivity contribution in [1.82, 2.24) is 25.5 Å². The normalized spacial score (nSPS) is 15.2. The Hall–Kier alpha value is -4.33. The number of nitrogens with one attached hydrogen (secondary N) is 3. The minimum Gasteiger partial charge on any atom is -0.486 e. The highest BCUT2D eigenvalue weighted by molar-refractivity contribution is 5.98. The number of H-pyrrole nitrogens is 2. The molecule has 2 aromatic heterocycles. The summed E-state index contributed by atoms with van der Waals surface area (Å²) in [6.07, 6.45) is -0.248. The number of imidazole rings is 1. The first kappa shape index (κ1) is 18.4. The quantitative estimate of drug-likeness (QED) is 0.407. The second-order valence-corrected chi connectivity index (χ2v) is 7.64. The molecule has 158 valence electrons. The van der Waals surface area contributed by atoms with Crippen LogP contribution < -0.4 is 14.8 Å². The molecule has 32 heavy (non-hydrogen) atoms. The first-order valence-corrected chi connectivity index (χ1v) is 10.3. The van der Waals surface area contributed by atoms with E-state index in [0.717, 1.165) is 27.9 Å². The fourth-order valence-corrected chi connectivity index (χ4v) is 3.88. The number of hydrogen-bond acceptors (Lipinski definition) is 5. The summed E-state index contributed by atoms with van der Waals surface area (Å²) in [5, 5.41) is 11.3. The third-order valence-corrected chi connectivity index (χ3v) is 5.50. The number of rotatable bonds is 4. The van der Waals surface area contributed by atoms with Crippen molar-refractivity contribution in [3.05, 3.63) is 72.3 Å². The van der Waals surface area contributed by atoms with Crippen LogP contribution in [0.15, 0.2) is 66.7 Å². The van der Waals surface area contributed by atoms with Gasteiger partial charge in [0.2, 0.25) is 0 Å². The molecule has 3 heterocycles. The van der Waals surface area contributed by atoms with Gasteiger partial charge < -0.3 is 19.8 Å². The molecule has 0 aliphatic carbocycles. The van der Waals surface area contributed by atoms with E-state index >= 15 is 0 Å². The van der Waals surface area contributed by atoms with Gasteiger partial charge in [-0.2, -0.15) is 5.10 Å². The van der Waals surface area contributed by atoms with Gasteiger partial charge in [-0.3, -0.25) is 9.89 Å². The Morgan fingerprint density at radius 1 is 1.03 bits per heavy atom. The summed E-state index contributed by atoms with van der Waals surface area (Å²) in [6.45, 7) is 0.729. The van der Waals surface area contributed by atoms with Gasteiger partial charge in [-0.05, 0) is 36.4 Å². The molecule has 1 aliphatic rings. The molecule has 1 atom stereocenters. The molecule has 0 bridgehead atoms. The fraction of sp³-hybridized carbons (Fsp3) is 0.125. The van der Waals surface area contributed by atoms with Crippen LogP contribution in [0.5, 0.6) is 11.5 Å². The van der Waals surface area contributed by atoms with Gasteiger partial charge in [0.25, 0.3) is 5.91 Å². The number of carbonyl (C=O) groups excluding carboxylic acids is 1. The van der Waals surface area contributed by atoms with Crippen LogP contribution >= 0.6 is 0 Å². The molecule has 8 nitrogen and oxygen atoms in total. The lowest BCUT2D eigenvalue weighted by atomic mass is 10.2. The largest absolute Gasteiger partial charge is 0.486 e. The molecular weight excluding hydrogens is 406 g/mol. The topological polar surface area (TPSA) is 105 Å². The van der Waals surface area contributed by atoms with Crippen molar-refractivity contribution >= 4 is 27.8 Å². The maximum absolute atomic E-state index is 12.7. The molecule has 3 N–H and O–H groups in total. The number of nitrogens with zero attached hydrogens (tertiary/aromatic N) is 2. The van der Waals surface area contributed by atoms with Gasteiger partial charge in [0, 0.05) is 10.9 Å². The van der Waals surface area contributed by atoms with Gasteiger partial charge in [-0.25, -0.2) is 4.98 Å². The summed E-state index contributed by atoms with van der Waals surface area (Å²) in [4.78, 5) is 20.7. The number of amides is 1. The predicted molar refractivity (Wildman–Crippen MR) is 120 cm³/mol. The van der Waals surface area contributed by atoms with Crippen molar-refractivity contribution in [3.8, 4) is 23.0 Å². The van der Waals surface area contributed by atoms with Crippen LogP contribution in [-0.4, -0.2) is 45.3 Å². The summed E-state index contributed by atoms with van der Waals surface area (Å²) in [6, 6.07) is 20.8. The number of para-hydroxylation sites is 3. The number of carbonyl (C=O) groups is 1. The van der Waals surface area contributed by atoms with Crippen LogP contribution in [0.3, 0.4) is 0 Å². The molecular formula is C24H19N5O3. The Labute approximate surface area is 182 Å². The highest BCUT2D eigenvalue weighted by atomic mass is 16.6. The molecule has 3 aromatic carbocycles. The summed E-state index contributed by atoms with van der Waals surface area (Å²) in [5.41, 5.74) is 3.76. The van der Waals surface area contributed by atoms with Crippen molar-refractivity contribution in [2.24, 2.45) is 0 Å². The van der Waals surface area contributed by atoms with E-state index in [4.69, 9.17) is 9.47 Å². The van der Waals surface area contributed by atoms with Crippen molar-refractivity contribution in [3.63, 3.8) is 0 Å². The predicted octanol–water partition coefficient (Wildman–Crippen LogP) is 3.68. The fourth-order valence-electron chi connectivity index (χ4n) is 3.88. The summed E-state index contributed by atoms with van der Waals surface area (Å²) < 4.78 is 11.6. The lowest BCUT2D eigenvalue weighted by molar-refractivity contribution is 0.0789. The Morgan fingerprint density at radius 3 is 2.81 bits per heavy atom. The number of hydrogen-bond donors (Lipinski definition) is 3. The van der Waals surface area contributed by atoms with Crippen molar-refractivity contribution in [2.75, 3.05) is 13.2 Å². The van der Waals surface area contributed by atoms with E-state index in [1.165, 1.54) is 0 Å². The van der Waals surface area contributed by atoms with E-state index < -0.39 is 0 Å². The van der Waals surface area contributed by atoms with Gasteiger partial charge in [-0.1, -0.05) is 30.3 Å². The van der Waals surface area contributed by atoms with Crippen LogP contribution in [0.4, 0.5) is 0 Å². The Bertz CT molecular complexity index is 1450. The van der Waals surface area contributed by atoms with E-state index in [2.05, 4.69) is 25.5 Å². The van der Waals surface area contributed by atoms with Crippen molar-refractivity contribution < 1.29 is 14.3 Å². The number of aromatic amines is 2. The zero-order chi connectivity index (χ0) is 21.5. The third-order valence-electron chi connectivity index (χ3n) is 5.50. The van der Waals surface area contributed by atoms with Crippen LogP contribution in [0.2, 0.25) is 0 Å². The Morgan fingerprint density at radius 2 is 1.88 bits per heavy atom. The molecule has 1 aliphatic heterocycles. The first-order valence-electron chi connectivity index (χ1n) is 10.3. The van der Waals surface area contributed by atoms with Crippen molar-refractivity contribution in [2.45, 2.75) is 6.10 Å². The number of fused-ring (bicyclic) bond motifs is 3. The van der Waals surface area contributed by atoms with E-state index in [1.807, 2.05) is 54.6 Å². The van der Waals surface area contributed by atoms with Gasteiger partial charge in [0.05, 0.1) is 23.1 Å². The Kier molecular flexibility index (Phi) is 4.28. The Balaban J connectivity index is 1.19. The van der Waals surface area contributed by atoms with Gasteiger partial charge in [0.15, 0.2) is 17.3 Å². The van der Waals surface area contributed by atoms with Gasteiger partial charge in [-0.15, -0.1) is 0 Å². The lowest BCUT2D eigenvalue weighted by Crippen LogP contribution is -2.40. The summed E-state index contributed by atoms with van der Waals surface area (Å²) >= 11 is 0. The van der Waals surface area contributed by atoms with E-state index in [1.54, 1.807) is 12.1 Å². The monoisotopic (exact) mass is 425 g/mol. The molecule has 0 saturated carbocycles. The molecule has 0 saturated heterocycles. The third kappa shape index (κ3) is 3.22. The SMILES string of the molecule is O=C(NCC1COc2ccccc2O1)c1ccc2[nH]c(-c3n[nH]c4ccccc34)nc2c1. The maximum Gasteiger partial charge on any atom is 0.251 e. The van der Waals surface area contributed by atoms with Crippen LogP contribution in [-0.2, 0) is 0 Å². The summed E-state index contributed by atoms with van der Waals surface area (Å²) in [5.74, 6) is 1.87. The average Bonchev–Trinajstić information content (AvgIpc) is 3.45. The lowest BCUT2D eigenvalue weighted by Gasteiger charge is -2.26. The first-order chi connectivity index (χ1) is 15.7. The smallest absolute Gasteiger partial charge is 0.251 e.